The Kier molecular flexibility index (Phi) is 2.64. The third-order valence-electron chi connectivity index (χ3n) is 3.61. The standard InChI is InChI=1S/C11H11ClN2O4/c12-5-3-13-14(4-5)10(15)8-6-1-2-7(18-6)9(8)11(16)17/h3-4,6-9H,1-2H2,(H,16,17)/p-1. The summed E-state index contributed by atoms with van der Waals surface area (Å²) in [6.07, 6.45) is 3.28. The lowest BCUT2D eigenvalue weighted by Crippen LogP contribution is -2.46. The molecule has 0 N–H and O–H groups in total. The average molecular weight is 270 g/mol. The Morgan fingerprint density at radius 3 is 2.61 bits per heavy atom. The molecular weight excluding hydrogens is 260 g/mol. The van der Waals surface area contributed by atoms with Gasteiger partial charge in [-0.25, -0.2) is 4.68 Å². The van der Waals surface area contributed by atoms with Gasteiger partial charge in [-0.1, -0.05) is 11.6 Å². The quantitative estimate of drug-likeness (QED) is 0.737. The maximum absolute atomic E-state index is 12.2. The molecule has 2 aliphatic rings. The highest BCUT2D eigenvalue weighted by molar-refractivity contribution is 6.30. The van der Waals surface area contributed by atoms with Gasteiger partial charge in [-0.3, -0.25) is 4.79 Å². The molecule has 4 atom stereocenters. The molecule has 1 aromatic rings. The summed E-state index contributed by atoms with van der Waals surface area (Å²) in [4.78, 5) is 23.4. The number of carboxylic acid groups (broad SMARTS) is 1. The van der Waals surface area contributed by atoms with Gasteiger partial charge in [0.2, 0.25) is 0 Å². The maximum atomic E-state index is 12.2. The molecule has 18 heavy (non-hydrogen) atoms. The molecule has 4 unspecified atom stereocenters. The topological polar surface area (TPSA) is 84.3 Å². The fourth-order valence-corrected chi connectivity index (χ4v) is 3.00. The van der Waals surface area contributed by atoms with Crippen molar-refractivity contribution < 1.29 is 19.4 Å². The molecule has 6 nitrogen and oxygen atoms in total. The first-order valence-corrected chi connectivity index (χ1v) is 6.06. The van der Waals surface area contributed by atoms with Gasteiger partial charge in [0.15, 0.2) is 0 Å². The van der Waals surface area contributed by atoms with Crippen molar-refractivity contribution in [2.75, 3.05) is 0 Å². The van der Waals surface area contributed by atoms with Gasteiger partial charge in [-0.05, 0) is 12.8 Å². The van der Waals surface area contributed by atoms with Gasteiger partial charge in [0.25, 0.3) is 5.91 Å². The number of rotatable bonds is 2. The third-order valence-corrected chi connectivity index (χ3v) is 3.80. The monoisotopic (exact) mass is 269 g/mol. The van der Waals surface area contributed by atoms with E-state index in [2.05, 4.69) is 5.10 Å². The maximum Gasteiger partial charge on any atom is 0.253 e. The number of halogens is 1. The number of fused-ring (bicyclic) bond motifs is 2. The molecule has 2 fully saturated rings. The number of carbonyl (C=O) groups excluding carboxylic acids is 2. The highest BCUT2D eigenvalue weighted by Crippen LogP contribution is 2.43. The normalized spacial score (nSPS) is 33.8. The number of nitrogens with zero attached hydrogens (tertiary/aromatic N) is 2. The number of aromatic nitrogens is 2. The van der Waals surface area contributed by atoms with Crippen LogP contribution in [0.1, 0.15) is 17.6 Å². The predicted octanol–water partition coefficient (Wildman–Crippen LogP) is -0.280. The summed E-state index contributed by atoms with van der Waals surface area (Å²) in [6, 6.07) is 0. The first-order chi connectivity index (χ1) is 8.58. The van der Waals surface area contributed by atoms with E-state index in [1.54, 1.807) is 0 Å². The molecule has 0 radical (unpaired) electrons. The zero-order valence-corrected chi connectivity index (χ0v) is 10.0. The van der Waals surface area contributed by atoms with Crippen molar-refractivity contribution in [2.24, 2.45) is 11.8 Å². The molecule has 7 heteroatoms. The first-order valence-electron chi connectivity index (χ1n) is 5.68. The minimum atomic E-state index is -1.24. The fourth-order valence-electron chi connectivity index (χ4n) is 2.87. The Hall–Kier alpha value is -1.40. The SMILES string of the molecule is O=C([O-])C1C2CCC(O2)C1C(=O)n1cc(Cl)cn1. The van der Waals surface area contributed by atoms with Crippen LogP contribution in [0.25, 0.3) is 0 Å². The molecule has 3 rings (SSSR count). The molecule has 2 aliphatic heterocycles. The van der Waals surface area contributed by atoms with E-state index in [-0.39, 0.29) is 6.10 Å². The van der Waals surface area contributed by atoms with E-state index in [4.69, 9.17) is 16.3 Å². The van der Waals surface area contributed by atoms with Crippen molar-refractivity contribution in [2.45, 2.75) is 25.0 Å². The van der Waals surface area contributed by atoms with Gasteiger partial charge in [0.1, 0.15) is 0 Å². The lowest BCUT2D eigenvalue weighted by atomic mass is 9.79. The number of carbonyl (C=O) groups is 2. The Morgan fingerprint density at radius 1 is 1.39 bits per heavy atom. The van der Waals surface area contributed by atoms with Gasteiger partial charge >= 0.3 is 0 Å². The van der Waals surface area contributed by atoms with Crippen LogP contribution in [0, 0.1) is 11.8 Å². The van der Waals surface area contributed by atoms with E-state index in [9.17, 15) is 14.7 Å². The molecule has 96 valence electrons. The van der Waals surface area contributed by atoms with E-state index < -0.39 is 29.8 Å². The van der Waals surface area contributed by atoms with Gasteiger partial charge < -0.3 is 14.6 Å². The molecule has 0 amide bonds. The van der Waals surface area contributed by atoms with Crippen molar-refractivity contribution in [1.29, 1.82) is 0 Å². The van der Waals surface area contributed by atoms with Crippen molar-refractivity contribution in [3.63, 3.8) is 0 Å². The molecule has 0 saturated carbocycles. The van der Waals surface area contributed by atoms with Crippen LogP contribution in [0.5, 0.6) is 0 Å². The second-order valence-electron chi connectivity index (χ2n) is 4.60. The Labute approximate surface area is 107 Å². The number of carboxylic acids is 1. The highest BCUT2D eigenvalue weighted by Gasteiger charge is 2.53. The molecule has 0 aromatic carbocycles. The number of ether oxygens (including phenoxy) is 1. The summed E-state index contributed by atoms with van der Waals surface area (Å²) in [5.74, 6) is -3.26. The molecular formula is C11H10ClN2O4-. The van der Waals surface area contributed by atoms with Crippen molar-refractivity contribution in [1.82, 2.24) is 9.78 Å². The molecule has 2 saturated heterocycles. The summed E-state index contributed by atoms with van der Waals surface area (Å²) < 4.78 is 6.57. The van der Waals surface area contributed by atoms with Gasteiger partial charge in [0, 0.05) is 11.9 Å². The van der Waals surface area contributed by atoms with Crippen LogP contribution >= 0.6 is 11.6 Å². The van der Waals surface area contributed by atoms with Crippen molar-refractivity contribution in [3.05, 3.63) is 17.4 Å². The van der Waals surface area contributed by atoms with Crippen LogP contribution in [0.4, 0.5) is 0 Å². The summed E-state index contributed by atoms with van der Waals surface area (Å²) in [5, 5.41) is 15.3. The van der Waals surface area contributed by atoms with E-state index in [1.807, 2.05) is 0 Å². The minimum absolute atomic E-state index is 0.331. The third kappa shape index (κ3) is 1.64. The number of aliphatic carboxylic acids is 1. The zero-order chi connectivity index (χ0) is 12.9. The number of hydrogen-bond donors (Lipinski definition) is 0. The average Bonchev–Trinajstić information content (AvgIpc) is 3.01. The fraction of sp³-hybridized carbons (Fsp3) is 0.545. The summed E-state index contributed by atoms with van der Waals surface area (Å²) >= 11 is 5.69. The zero-order valence-electron chi connectivity index (χ0n) is 9.28. The van der Waals surface area contributed by atoms with Crippen LogP contribution < -0.4 is 5.11 Å². The molecule has 1 aromatic heterocycles. The lowest BCUT2D eigenvalue weighted by molar-refractivity contribution is -0.313. The van der Waals surface area contributed by atoms with Crippen LogP contribution in [0.3, 0.4) is 0 Å². The molecule has 0 spiro atoms. The van der Waals surface area contributed by atoms with Gasteiger partial charge in [0.05, 0.1) is 35.5 Å². The summed E-state index contributed by atoms with van der Waals surface area (Å²) in [5.41, 5.74) is 0. The largest absolute Gasteiger partial charge is 0.550 e. The van der Waals surface area contributed by atoms with E-state index in [1.165, 1.54) is 12.4 Å². The summed E-state index contributed by atoms with van der Waals surface area (Å²) in [7, 11) is 0. The Bertz CT molecular complexity index is 515. The number of hydrogen-bond acceptors (Lipinski definition) is 5. The second kappa shape index (κ2) is 4.07. The molecule has 3 heterocycles. The Morgan fingerprint density at radius 2 is 2.06 bits per heavy atom. The van der Waals surface area contributed by atoms with Gasteiger partial charge in [-0.2, -0.15) is 5.10 Å². The Balaban J connectivity index is 1.91. The van der Waals surface area contributed by atoms with E-state index >= 15 is 0 Å². The van der Waals surface area contributed by atoms with E-state index in [0.29, 0.717) is 17.9 Å². The van der Waals surface area contributed by atoms with Gasteiger partial charge in [-0.15, -0.1) is 0 Å². The highest BCUT2D eigenvalue weighted by atomic mass is 35.5. The molecule has 0 aliphatic carbocycles. The van der Waals surface area contributed by atoms with Crippen LogP contribution in [0.2, 0.25) is 5.02 Å². The smallest absolute Gasteiger partial charge is 0.253 e. The van der Waals surface area contributed by atoms with Crippen LogP contribution in [-0.4, -0.2) is 33.9 Å². The van der Waals surface area contributed by atoms with Crippen molar-refractivity contribution >= 4 is 23.5 Å². The van der Waals surface area contributed by atoms with Crippen LogP contribution in [0.15, 0.2) is 12.4 Å². The summed E-state index contributed by atoms with van der Waals surface area (Å²) in [6.45, 7) is 0. The van der Waals surface area contributed by atoms with E-state index in [0.717, 1.165) is 4.68 Å². The predicted molar refractivity (Wildman–Crippen MR) is 57.7 cm³/mol. The lowest BCUT2D eigenvalue weighted by Gasteiger charge is -2.27. The minimum Gasteiger partial charge on any atom is -0.550 e. The van der Waals surface area contributed by atoms with Crippen LogP contribution in [-0.2, 0) is 9.53 Å². The molecule has 2 bridgehead atoms. The van der Waals surface area contributed by atoms with Crippen molar-refractivity contribution in [3.8, 4) is 0 Å². The first kappa shape index (κ1) is 11.7. The second-order valence-corrected chi connectivity index (χ2v) is 5.04.